The number of hydrogen-bond acceptors (Lipinski definition) is 2. The number of hydrogen-bond donors (Lipinski definition) is 0. The maximum absolute atomic E-state index is 11.8. The molecule has 0 aliphatic heterocycles. The van der Waals surface area contributed by atoms with E-state index in [9.17, 15) is 9.59 Å². The van der Waals surface area contributed by atoms with Gasteiger partial charge < -0.3 is 9.69 Å². The van der Waals surface area contributed by atoms with Crippen LogP contribution >= 0.6 is 0 Å². The Morgan fingerprint density at radius 1 is 1.11 bits per heavy atom. The Labute approximate surface area is 115 Å². The molecule has 0 fully saturated rings. The zero-order chi connectivity index (χ0) is 14.4. The third kappa shape index (κ3) is 5.25. The molecule has 19 heavy (non-hydrogen) atoms. The normalized spacial score (nSPS) is 10.3. The number of Topliss-reactive ketones (excluding diaryl/α,β-unsaturated/α-hetero) is 1. The molecule has 1 amide bonds. The van der Waals surface area contributed by atoms with E-state index >= 15 is 0 Å². The second kappa shape index (κ2) is 7.07. The Kier molecular flexibility index (Phi) is 5.74. The fourth-order valence-electron chi connectivity index (χ4n) is 1.85. The summed E-state index contributed by atoms with van der Waals surface area (Å²) in [6.07, 6.45) is 1.51. The number of rotatable bonds is 6. The first kappa shape index (κ1) is 15.4. The van der Waals surface area contributed by atoms with Crippen LogP contribution in [0.25, 0.3) is 0 Å². The predicted octanol–water partition coefficient (Wildman–Crippen LogP) is 2.67. The van der Waals surface area contributed by atoms with Crippen molar-refractivity contribution in [2.24, 2.45) is 0 Å². The van der Waals surface area contributed by atoms with Crippen LogP contribution in [0, 0.1) is 13.8 Å². The van der Waals surface area contributed by atoms with Gasteiger partial charge in [0.05, 0.1) is 0 Å². The zero-order valence-corrected chi connectivity index (χ0v) is 12.3. The lowest BCUT2D eigenvalue weighted by Crippen LogP contribution is -2.29. The van der Waals surface area contributed by atoms with Crippen molar-refractivity contribution >= 4 is 11.7 Å². The SMILES string of the molecule is CC(=O)CCC(=O)N(C)CCc1ccc(C)c(C)c1. The number of aryl methyl sites for hydroxylation is 2. The molecule has 0 bridgehead atoms. The van der Waals surface area contributed by atoms with Gasteiger partial charge in [-0.1, -0.05) is 18.2 Å². The van der Waals surface area contributed by atoms with E-state index < -0.39 is 0 Å². The minimum atomic E-state index is 0.0408. The van der Waals surface area contributed by atoms with Crippen molar-refractivity contribution in [1.29, 1.82) is 0 Å². The van der Waals surface area contributed by atoms with Gasteiger partial charge >= 0.3 is 0 Å². The highest BCUT2D eigenvalue weighted by Gasteiger charge is 2.09. The van der Waals surface area contributed by atoms with Crippen molar-refractivity contribution in [3.05, 3.63) is 34.9 Å². The van der Waals surface area contributed by atoms with Gasteiger partial charge in [-0.3, -0.25) is 4.79 Å². The molecule has 1 aromatic rings. The van der Waals surface area contributed by atoms with E-state index in [1.54, 1.807) is 11.9 Å². The molecule has 0 aromatic heterocycles. The van der Waals surface area contributed by atoms with Crippen molar-refractivity contribution in [1.82, 2.24) is 4.90 Å². The maximum Gasteiger partial charge on any atom is 0.222 e. The van der Waals surface area contributed by atoms with Crippen LogP contribution in [0.1, 0.15) is 36.5 Å². The molecule has 1 aromatic carbocycles. The van der Waals surface area contributed by atoms with Gasteiger partial charge in [-0.15, -0.1) is 0 Å². The standard InChI is InChI=1S/C16H23NO2/c1-12-5-7-15(11-13(12)2)9-10-17(4)16(19)8-6-14(3)18/h5,7,11H,6,8-10H2,1-4H3. The number of amides is 1. The highest BCUT2D eigenvalue weighted by molar-refractivity contribution is 5.83. The summed E-state index contributed by atoms with van der Waals surface area (Å²) in [5.74, 6) is 0.106. The molecule has 3 nitrogen and oxygen atoms in total. The quantitative estimate of drug-likeness (QED) is 0.789. The van der Waals surface area contributed by atoms with Crippen molar-refractivity contribution in [2.45, 2.75) is 40.0 Å². The Morgan fingerprint density at radius 2 is 1.79 bits per heavy atom. The molecule has 0 aliphatic rings. The van der Waals surface area contributed by atoms with Gasteiger partial charge in [0.2, 0.25) is 5.91 Å². The van der Waals surface area contributed by atoms with E-state index in [2.05, 4.69) is 32.0 Å². The van der Waals surface area contributed by atoms with E-state index in [0.717, 1.165) is 6.42 Å². The molecule has 0 radical (unpaired) electrons. The molecule has 0 saturated heterocycles. The first-order chi connectivity index (χ1) is 8.90. The summed E-state index contributed by atoms with van der Waals surface area (Å²) in [6.45, 7) is 6.40. The Morgan fingerprint density at radius 3 is 2.37 bits per heavy atom. The van der Waals surface area contributed by atoms with Crippen molar-refractivity contribution in [3.8, 4) is 0 Å². The molecular weight excluding hydrogens is 238 g/mol. The summed E-state index contributed by atoms with van der Waals surface area (Å²) in [5.41, 5.74) is 3.81. The lowest BCUT2D eigenvalue weighted by atomic mass is 10.0. The van der Waals surface area contributed by atoms with Gasteiger partial charge in [0, 0.05) is 26.4 Å². The Hall–Kier alpha value is -1.64. The molecule has 0 spiro atoms. The molecule has 0 heterocycles. The molecule has 1 rings (SSSR count). The Balaban J connectivity index is 2.44. The van der Waals surface area contributed by atoms with Crippen LogP contribution in [0.15, 0.2) is 18.2 Å². The van der Waals surface area contributed by atoms with Gasteiger partial charge in [0.1, 0.15) is 5.78 Å². The number of nitrogens with zero attached hydrogens (tertiary/aromatic N) is 1. The van der Waals surface area contributed by atoms with Crippen LogP contribution in [-0.4, -0.2) is 30.2 Å². The first-order valence-electron chi connectivity index (χ1n) is 6.69. The minimum Gasteiger partial charge on any atom is -0.345 e. The average molecular weight is 261 g/mol. The lowest BCUT2D eigenvalue weighted by Gasteiger charge is -2.17. The average Bonchev–Trinajstić information content (AvgIpc) is 2.36. The smallest absolute Gasteiger partial charge is 0.222 e. The molecule has 0 aliphatic carbocycles. The van der Waals surface area contributed by atoms with Gasteiger partial charge in [-0.2, -0.15) is 0 Å². The monoisotopic (exact) mass is 261 g/mol. The van der Waals surface area contributed by atoms with E-state index in [-0.39, 0.29) is 11.7 Å². The summed E-state index contributed by atoms with van der Waals surface area (Å²) in [6, 6.07) is 6.39. The molecule has 0 unspecified atom stereocenters. The van der Waals surface area contributed by atoms with Crippen LogP contribution in [0.4, 0.5) is 0 Å². The lowest BCUT2D eigenvalue weighted by molar-refractivity contribution is -0.131. The van der Waals surface area contributed by atoms with Gasteiger partial charge in [0.25, 0.3) is 0 Å². The number of carbonyl (C=O) groups excluding carboxylic acids is 2. The highest BCUT2D eigenvalue weighted by atomic mass is 16.2. The molecular formula is C16H23NO2. The number of carbonyl (C=O) groups is 2. The molecule has 0 saturated carbocycles. The highest BCUT2D eigenvalue weighted by Crippen LogP contribution is 2.10. The number of likely N-dealkylation sites (N-methyl/N-ethyl adjacent to an activating group) is 1. The second-order valence-corrected chi connectivity index (χ2v) is 5.19. The molecule has 0 N–H and O–H groups in total. The van der Waals surface area contributed by atoms with Crippen molar-refractivity contribution < 1.29 is 9.59 Å². The number of ketones is 1. The third-order valence-corrected chi connectivity index (χ3v) is 3.42. The molecule has 104 valence electrons. The zero-order valence-electron chi connectivity index (χ0n) is 12.3. The summed E-state index contributed by atoms with van der Waals surface area (Å²) < 4.78 is 0. The number of benzene rings is 1. The minimum absolute atomic E-state index is 0.0408. The molecule has 0 atom stereocenters. The van der Waals surface area contributed by atoms with Gasteiger partial charge in [-0.05, 0) is 43.9 Å². The van der Waals surface area contributed by atoms with Gasteiger partial charge in [0.15, 0.2) is 0 Å². The fraction of sp³-hybridized carbons (Fsp3) is 0.500. The largest absolute Gasteiger partial charge is 0.345 e. The third-order valence-electron chi connectivity index (χ3n) is 3.42. The first-order valence-corrected chi connectivity index (χ1v) is 6.69. The van der Waals surface area contributed by atoms with E-state index in [0.29, 0.717) is 19.4 Å². The van der Waals surface area contributed by atoms with Crippen LogP contribution in [-0.2, 0) is 16.0 Å². The topological polar surface area (TPSA) is 37.4 Å². The van der Waals surface area contributed by atoms with Crippen LogP contribution < -0.4 is 0 Å². The Bertz CT molecular complexity index is 466. The summed E-state index contributed by atoms with van der Waals surface area (Å²) >= 11 is 0. The van der Waals surface area contributed by atoms with Crippen molar-refractivity contribution in [2.75, 3.05) is 13.6 Å². The second-order valence-electron chi connectivity index (χ2n) is 5.19. The summed E-state index contributed by atoms with van der Waals surface area (Å²) in [5, 5.41) is 0. The van der Waals surface area contributed by atoms with Crippen molar-refractivity contribution in [3.63, 3.8) is 0 Å². The maximum atomic E-state index is 11.8. The van der Waals surface area contributed by atoms with Crippen LogP contribution in [0.3, 0.4) is 0 Å². The summed E-state index contributed by atoms with van der Waals surface area (Å²) in [7, 11) is 1.80. The van der Waals surface area contributed by atoms with E-state index in [1.165, 1.54) is 23.6 Å². The summed E-state index contributed by atoms with van der Waals surface area (Å²) in [4.78, 5) is 24.3. The van der Waals surface area contributed by atoms with E-state index in [1.807, 2.05) is 0 Å². The predicted molar refractivity (Wildman–Crippen MR) is 77.2 cm³/mol. The fourth-order valence-corrected chi connectivity index (χ4v) is 1.85. The van der Waals surface area contributed by atoms with E-state index in [4.69, 9.17) is 0 Å². The van der Waals surface area contributed by atoms with Crippen LogP contribution in [0.5, 0.6) is 0 Å². The van der Waals surface area contributed by atoms with Gasteiger partial charge in [-0.25, -0.2) is 0 Å². The van der Waals surface area contributed by atoms with Crippen LogP contribution in [0.2, 0.25) is 0 Å². The molecule has 3 heteroatoms.